The number of carbonyl (C=O) groups is 4. The SMILES string of the molecule is CC(C)N1C(=O)c2ccc(C(=O)NC3(CC(N)=O)COC3)cc2C1=O. The van der Waals surface area contributed by atoms with Crippen LogP contribution < -0.4 is 11.1 Å². The summed E-state index contributed by atoms with van der Waals surface area (Å²) < 4.78 is 5.09. The first-order valence-corrected chi connectivity index (χ1v) is 7.94. The first-order chi connectivity index (χ1) is 11.7. The zero-order chi connectivity index (χ0) is 18.4. The van der Waals surface area contributed by atoms with Crippen LogP contribution in [0, 0.1) is 0 Å². The minimum Gasteiger partial charge on any atom is -0.376 e. The third-order valence-electron chi connectivity index (χ3n) is 4.34. The fourth-order valence-electron chi connectivity index (χ4n) is 3.08. The number of nitrogens with one attached hydrogen (secondary N) is 1. The second kappa shape index (κ2) is 5.96. The molecular weight excluding hydrogens is 326 g/mol. The van der Waals surface area contributed by atoms with Crippen molar-refractivity contribution in [1.82, 2.24) is 10.2 Å². The molecule has 0 unspecified atom stereocenters. The van der Waals surface area contributed by atoms with Crippen molar-refractivity contribution in [2.24, 2.45) is 5.73 Å². The summed E-state index contributed by atoms with van der Waals surface area (Å²) in [7, 11) is 0. The Bertz CT molecular complexity index is 782. The normalized spacial score (nSPS) is 18.1. The van der Waals surface area contributed by atoms with Gasteiger partial charge in [-0.1, -0.05) is 0 Å². The van der Waals surface area contributed by atoms with Crippen molar-refractivity contribution < 1.29 is 23.9 Å². The molecule has 4 amide bonds. The largest absolute Gasteiger partial charge is 0.376 e. The van der Waals surface area contributed by atoms with Gasteiger partial charge in [-0.15, -0.1) is 0 Å². The molecule has 0 bridgehead atoms. The van der Waals surface area contributed by atoms with E-state index < -0.39 is 23.3 Å². The molecule has 8 nitrogen and oxygen atoms in total. The second-order valence-corrected chi connectivity index (χ2v) is 6.70. The molecule has 2 aliphatic heterocycles. The van der Waals surface area contributed by atoms with E-state index in [4.69, 9.17) is 10.5 Å². The third kappa shape index (κ3) is 2.89. The molecule has 1 aromatic rings. The summed E-state index contributed by atoms with van der Waals surface area (Å²) in [5.41, 5.74) is 5.14. The summed E-state index contributed by atoms with van der Waals surface area (Å²) in [6.45, 7) is 3.90. The maximum atomic E-state index is 12.5. The zero-order valence-electron chi connectivity index (χ0n) is 14.0. The van der Waals surface area contributed by atoms with Gasteiger partial charge in [0.15, 0.2) is 0 Å². The van der Waals surface area contributed by atoms with Gasteiger partial charge in [-0.2, -0.15) is 0 Å². The molecule has 0 atom stereocenters. The minimum absolute atomic E-state index is 0.0256. The van der Waals surface area contributed by atoms with Crippen LogP contribution in [0.3, 0.4) is 0 Å². The van der Waals surface area contributed by atoms with E-state index >= 15 is 0 Å². The maximum Gasteiger partial charge on any atom is 0.261 e. The van der Waals surface area contributed by atoms with Gasteiger partial charge < -0.3 is 15.8 Å². The number of hydrogen-bond acceptors (Lipinski definition) is 5. The van der Waals surface area contributed by atoms with Crippen molar-refractivity contribution in [2.45, 2.75) is 31.8 Å². The van der Waals surface area contributed by atoms with Gasteiger partial charge >= 0.3 is 0 Å². The number of nitrogens with two attached hydrogens (primary N) is 1. The lowest BCUT2D eigenvalue weighted by Gasteiger charge is -2.41. The van der Waals surface area contributed by atoms with Crippen molar-refractivity contribution in [2.75, 3.05) is 13.2 Å². The molecule has 1 fully saturated rings. The van der Waals surface area contributed by atoms with Crippen molar-refractivity contribution in [3.05, 3.63) is 34.9 Å². The lowest BCUT2D eigenvalue weighted by atomic mass is 9.92. The highest BCUT2D eigenvalue weighted by Gasteiger charge is 2.42. The maximum absolute atomic E-state index is 12.5. The van der Waals surface area contributed by atoms with Gasteiger partial charge in [0, 0.05) is 11.6 Å². The van der Waals surface area contributed by atoms with E-state index in [1.165, 1.54) is 23.1 Å². The summed E-state index contributed by atoms with van der Waals surface area (Å²) in [4.78, 5) is 49.5. The van der Waals surface area contributed by atoms with Crippen LogP contribution in [-0.4, -0.2) is 53.3 Å². The lowest BCUT2D eigenvalue weighted by Crippen LogP contribution is -2.63. The van der Waals surface area contributed by atoms with E-state index in [1.807, 2.05) is 0 Å². The molecule has 3 rings (SSSR count). The predicted octanol–water partition coefficient (Wildman–Crippen LogP) is 0.0652. The average Bonchev–Trinajstić information content (AvgIpc) is 2.75. The molecule has 1 aromatic carbocycles. The third-order valence-corrected chi connectivity index (χ3v) is 4.34. The van der Waals surface area contributed by atoms with E-state index in [0.29, 0.717) is 0 Å². The standard InChI is InChI=1S/C17H19N3O5/c1-9(2)20-15(23)11-4-3-10(5-12(11)16(20)24)14(22)19-17(6-13(18)21)7-25-8-17/h3-5,9H,6-8H2,1-2H3,(H2,18,21)(H,19,22). The smallest absolute Gasteiger partial charge is 0.261 e. The summed E-state index contributed by atoms with van der Waals surface area (Å²) in [5, 5.41) is 2.75. The second-order valence-electron chi connectivity index (χ2n) is 6.70. The Balaban J connectivity index is 1.84. The van der Waals surface area contributed by atoms with Gasteiger partial charge in [-0.3, -0.25) is 24.1 Å². The van der Waals surface area contributed by atoms with Gasteiger partial charge in [0.2, 0.25) is 5.91 Å². The molecule has 0 saturated carbocycles. The van der Waals surface area contributed by atoms with Gasteiger partial charge in [0.25, 0.3) is 17.7 Å². The molecule has 25 heavy (non-hydrogen) atoms. The highest BCUT2D eigenvalue weighted by atomic mass is 16.5. The molecule has 2 heterocycles. The van der Waals surface area contributed by atoms with Crippen LogP contribution in [0.15, 0.2) is 18.2 Å². The van der Waals surface area contributed by atoms with E-state index in [-0.39, 0.29) is 48.3 Å². The van der Waals surface area contributed by atoms with Gasteiger partial charge in [0.1, 0.15) is 0 Å². The molecule has 0 radical (unpaired) electrons. The van der Waals surface area contributed by atoms with Crippen LogP contribution in [0.25, 0.3) is 0 Å². The van der Waals surface area contributed by atoms with Gasteiger partial charge in [-0.05, 0) is 32.0 Å². The number of nitrogens with zero attached hydrogens (tertiary/aromatic N) is 1. The Hall–Kier alpha value is -2.74. The fourth-order valence-corrected chi connectivity index (χ4v) is 3.08. The van der Waals surface area contributed by atoms with Gasteiger partial charge in [-0.25, -0.2) is 0 Å². The van der Waals surface area contributed by atoms with E-state index in [9.17, 15) is 19.2 Å². The lowest BCUT2D eigenvalue weighted by molar-refractivity contribution is -0.127. The molecule has 0 spiro atoms. The Morgan fingerprint density at radius 1 is 1.24 bits per heavy atom. The topological polar surface area (TPSA) is 119 Å². The van der Waals surface area contributed by atoms with Crippen molar-refractivity contribution in [3.63, 3.8) is 0 Å². The number of imide groups is 1. The molecule has 3 N–H and O–H groups in total. The van der Waals surface area contributed by atoms with Crippen LogP contribution in [0.1, 0.15) is 51.3 Å². The number of primary amides is 1. The predicted molar refractivity (Wildman–Crippen MR) is 86.9 cm³/mol. The first kappa shape index (κ1) is 17.1. The van der Waals surface area contributed by atoms with Crippen LogP contribution in [0.5, 0.6) is 0 Å². The van der Waals surface area contributed by atoms with E-state index in [1.54, 1.807) is 13.8 Å². The number of carbonyl (C=O) groups excluding carboxylic acids is 4. The molecule has 8 heteroatoms. The highest BCUT2D eigenvalue weighted by molar-refractivity contribution is 6.22. The molecule has 0 aromatic heterocycles. The zero-order valence-corrected chi connectivity index (χ0v) is 14.0. The summed E-state index contributed by atoms with van der Waals surface area (Å²) in [6.07, 6.45) is -0.0256. The van der Waals surface area contributed by atoms with Crippen molar-refractivity contribution >= 4 is 23.6 Å². The van der Waals surface area contributed by atoms with Crippen molar-refractivity contribution in [1.29, 1.82) is 0 Å². The highest BCUT2D eigenvalue weighted by Crippen LogP contribution is 2.27. The van der Waals surface area contributed by atoms with Crippen LogP contribution in [0.2, 0.25) is 0 Å². The Morgan fingerprint density at radius 2 is 1.88 bits per heavy atom. The first-order valence-electron chi connectivity index (χ1n) is 7.94. The Kier molecular flexibility index (Phi) is 4.08. The summed E-state index contributed by atoms with van der Waals surface area (Å²) in [6, 6.07) is 4.10. The number of fused-ring (bicyclic) bond motifs is 1. The molecule has 1 saturated heterocycles. The number of amides is 4. The van der Waals surface area contributed by atoms with E-state index in [2.05, 4.69) is 5.32 Å². The summed E-state index contributed by atoms with van der Waals surface area (Å²) >= 11 is 0. The van der Waals surface area contributed by atoms with E-state index in [0.717, 1.165) is 0 Å². The Labute approximate surface area is 144 Å². The number of rotatable bonds is 5. The fraction of sp³-hybridized carbons (Fsp3) is 0.412. The van der Waals surface area contributed by atoms with Crippen LogP contribution >= 0.6 is 0 Å². The summed E-state index contributed by atoms with van der Waals surface area (Å²) in [5.74, 6) is -1.76. The molecule has 0 aliphatic carbocycles. The minimum atomic E-state index is -0.814. The molecule has 2 aliphatic rings. The van der Waals surface area contributed by atoms with Crippen LogP contribution in [-0.2, 0) is 9.53 Å². The van der Waals surface area contributed by atoms with Crippen molar-refractivity contribution in [3.8, 4) is 0 Å². The number of benzene rings is 1. The van der Waals surface area contributed by atoms with Crippen LogP contribution in [0.4, 0.5) is 0 Å². The average molecular weight is 345 g/mol. The monoisotopic (exact) mass is 345 g/mol. The number of ether oxygens (including phenoxy) is 1. The van der Waals surface area contributed by atoms with Gasteiger partial charge in [0.05, 0.1) is 36.3 Å². The molecule has 132 valence electrons. The number of hydrogen-bond donors (Lipinski definition) is 2. The quantitative estimate of drug-likeness (QED) is 0.732. The Morgan fingerprint density at radius 3 is 2.40 bits per heavy atom. The molecular formula is C17H19N3O5.